The largest absolute Gasteiger partial charge is 0.481 e. The fourth-order valence-corrected chi connectivity index (χ4v) is 3.31. The third-order valence-electron chi connectivity index (χ3n) is 4.59. The lowest BCUT2D eigenvalue weighted by molar-refractivity contribution is -0.137. The Kier molecular flexibility index (Phi) is 9.11. The van der Waals surface area contributed by atoms with E-state index in [1.165, 1.54) is 25.7 Å². The summed E-state index contributed by atoms with van der Waals surface area (Å²) in [5.41, 5.74) is 0. The first-order chi connectivity index (χ1) is 10.1. The maximum atomic E-state index is 11.8. The third kappa shape index (κ3) is 8.74. The number of carbonyl (C=O) groups excluding carboxylic acids is 1. The molecule has 0 aliphatic heterocycles. The van der Waals surface area contributed by atoms with E-state index < -0.39 is 5.97 Å². The average Bonchev–Trinajstić information content (AvgIpc) is 2.95. The smallest absolute Gasteiger partial charge is 0.303 e. The second kappa shape index (κ2) is 10.6. The van der Waals surface area contributed by atoms with Gasteiger partial charge in [0.2, 0.25) is 5.91 Å². The minimum atomic E-state index is -0.725. The molecule has 1 fully saturated rings. The summed E-state index contributed by atoms with van der Waals surface area (Å²) in [6.45, 7) is 2.81. The van der Waals surface area contributed by atoms with Gasteiger partial charge < -0.3 is 10.4 Å². The fraction of sp³-hybridized carbons (Fsp3) is 0.882. The molecule has 1 saturated carbocycles. The molecule has 0 aromatic heterocycles. The van der Waals surface area contributed by atoms with Gasteiger partial charge in [-0.15, -0.1) is 0 Å². The van der Waals surface area contributed by atoms with Crippen LogP contribution < -0.4 is 5.32 Å². The minimum Gasteiger partial charge on any atom is -0.481 e. The molecule has 1 aliphatic carbocycles. The van der Waals surface area contributed by atoms with E-state index in [4.69, 9.17) is 5.11 Å². The summed E-state index contributed by atoms with van der Waals surface area (Å²) in [5, 5.41) is 11.7. The molecule has 4 heteroatoms. The molecule has 1 aliphatic rings. The number of carboxylic acids is 1. The molecule has 0 aromatic carbocycles. The van der Waals surface area contributed by atoms with Gasteiger partial charge in [-0.05, 0) is 31.1 Å². The summed E-state index contributed by atoms with van der Waals surface area (Å²) in [5.74, 6) is 0.618. The van der Waals surface area contributed by atoms with Crippen molar-refractivity contribution in [2.45, 2.75) is 77.6 Å². The van der Waals surface area contributed by atoms with Crippen molar-refractivity contribution < 1.29 is 14.7 Å². The molecular weight excluding hydrogens is 266 g/mol. The number of hydrogen-bond donors (Lipinski definition) is 2. The van der Waals surface area contributed by atoms with Crippen molar-refractivity contribution in [1.29, 1.82) is 0 Å². The standard InChI is InChI=1S/C17H31NO3/c1-2-5-14(9-11-17(20)21)12-13-18-16(19)10-8-15-6-3-4-7-15/h14-15H,2-13H2,1H3,(H,18,19)(H,20,21). The van der Waals surface area contributed by atoms with Crippen LogP contribution in [0.1, 0.15) is 77.6 Å². The topological polar surface area (TPSA) is 66.4 Å². The van der Waals surface area contributed by atoms with Gasteiger partial charge in [0.1, 0.15) is 0 Å². The molecule has 4 nitrogen and oxygen atoms in total. The summed E-state index contributed by atoms with van der Waals surface area (Å²) < 4.78 is 0. The molecule has 0 radical (unpaired) electrons. The molecule has 1 atom stereocenters. The van der Waals surface area contributed by atoms with Crippen molar-refractivity contribution in [3.8, 4) is 0 Å². The zero-order chi connectivity index (χ0) is 15.5. The lowest BCUT2D eigenvalue weighted by atomic mass is 9.94. The molecule has 2 N–H and O–H groups in total. The molecule has 21 heavy (non-hydrogen) atoms. The van der Waals surface area contributed by atoms with Gasteiger partial charge >= 0.3 is 5.97 Å². The first kappa shape index (κ1) is 18.0. The third-order valence-corrected chi connectivity index (χ3v) is 4.59. The predicted octanol–water partition coefficient (Wildman–Crippen LogP) is 3.74. The molecule has 1 unspecified atom stereocenters. The molecule has 0 bridgehead atoms. The van der Waals surface area contributed by atoms with Crippen molar-refractivity contribution in [2.24, 2.45) is 11.8 Å². The van der Waals surface area contributed by atoms with Crippen LogP contribution >= 0.6 is 0 Å². The quantitative estimate of drug-likeness (QED) is 0.610. The van der Waals surface area contributed by atoms with Crippen LogP contribution in [0, 0.1) is 11.8 Å². The number of nitrogens with one attached hydrogen (secondary N) is 1. The maximum Gasteiger partial charge on any atom is 0.303 e. The molecule has 0 heterocycles. The van der Waals surface area contributed by atoms with E-state index in [1.807, 2.05) is 0 Å². The summed E-state index contributed by atoms with van der Waals surface area (Å²) in [6.07, 6.45) is 10.9. The summed E-state index contributed by atoms with van der Waals surface area (Å²) >= 11 is 0. The summed E-state index contributed by atoms with van der Waals surface area (Å²) in [7, 11) is 0. The Morgan fingerprint density at radius 1 is 1.14 bits per heavy atom. The van der Waals surface area contributed by atoms with Crippen LogP contribution in [0.25, 0.3) is 0 Å². The summed E-state index contributed by atoms with van der Waals surface area (Å²) in [6, 6.07) is 0. The fourth-order valence-electron chi connectivity index (χ4n) is 3.31. The van der Waals surface area contributed by atoms with Gasteiger partial charge in [-0.1, -0.05) is 45.4 Å². The van der Waals surface area contributed by atoms with Crippen LogP contribution in [0.4, 0.5) is 0 Å². The Bertz CT molecular complexity index is 311. The monoisotopic (exact) mass is 297 g/mol. The Labute approximate surface area is 128 Å². The van der Waals surface area contributed by atoms with Gasteiger partial charge in [0, 0.05) is 19.4 Å². The van der Waals surface area contributed by atoms with Gasteiger partial charge in [0.05, 0.1) is 0 Å². The van der Waals surface area contributed by atoms with Crippen LogP contribution in [0.3, 0.4) is 0 Å². The first-order valence-corrected chi connectivity index (χ1v) is 8.60. The van der Waals surface area contributed by atoms with Crippen LogP contribution in [0.15, 0.2) is 0 Å². The summed E-state index contributed by atoms with van der Waals surface area (Å²) in [4.78, 5) is 22.4. The zero-order valence-corrected chi connectivity index (χ0v) is 13.4. The highest BCUT2D eigenvalue weighted by molar-refractivity contribution is 5.75. The molecular formula is C17H31NO3. The van der Waals surface area contributed by atoms with E-state index in [9.17, 15) is 9.59 Å². The average molecular weight is 297 g/mol. The van der Waals surface area contributed by atoms with Crippen molar-refractivity contribution in [2.75, 3.05) is 6.54 Å². The van der Waals surface area contributed by atoms with Gasteiger partial charge in [0.25, 0.3) is 0 Å². The van der Waals surface area contributed by atoms with Crippen molar-refractivity contribution in [3.63, 3.8) is 0 Å². The normalized spacial score (nSPS) is 16.8. The van der Waals surface area contributed by atoms with Gasteiger partial charge in [-0.25, -0.2) is 0 Å². The van der Waals surface area contributed by atoms with E-state index >= 15 is 0 Å². The number of amides is 1. The van der Waals surface area contributed by atoms with Crippen LogP contribution in [-0.2, 0) is 9.59 Å². The van der Waals surface area contributed by atoms with Gasteiger partial charge in [-0.2, -0.15) is 0 Å². The lowest BCUT2D eigenvalue weighted by Gasteiger charge is -2.15. The van der Waals surface area contributed by atoms with E-state index in [2.05, 4.69) is 12.2 Å². The van der Waals surface area contributed by atoms with Crippen molar-refractivity contribution >= 4 is 11.9 Å². The molecule has 0 aromatic rings. The number of hydrogen-bond acceptors (Lipinski definition) is 2. The lowest BCUT2D eigenvalue weighted by Crippen LogP contribution is -2.26. The highest BCUT2D eigenvalue weighted by Crippen LogP contribution is 2.28. The second-order valence-electron chi connectivity index (χ2n) is 6.41. The van der Waals surface area contributed by atoms with E-state index in [1.54, 1.807) is 0 Å². The number of aliphatic carboxylic acids is 1. The Hall–Kier alpha value is -1.06. The Morgan fingerprint density at radius 3 is 2.48 bits per heavy atom. The van der Waals surface area contributed by atoms with Crippen LogP contribution in [0.2, 0.25) is 0 Å². The second-order valence-corrected chi connectivity index (χ2v) is 6.41. The maximum absolute atomic E-state index is 11.8. The van der Waals surface area contributed by atoms with Gasteiger partial charge in [0.15, 0.2) is 0 Å². The van der Waals surface area contributed by atoms with Crippen LogP contribution in [-0.4, -0.2) is 23.5 Å². The zero-order valence-electron chi connectivity index (χ0n) is 13.4. The highest BCUT2D eigenvalue weighted by atomic mass is 16.4. The molecule has 1 rings (SSSR count). The Morgan fingerprint density at radius 2 is 1.86 bits per heavy atom. The number of carbonyl (C=O) groups is 2. The van der Waals surface area contributed by atoms with E-state index in [0.717, 1.165) is 38.0 Å². The van der Waals surface area contributed by atoms with Crippen molar-refractivity contribution in [1.82, 2.24) is 5.32 Å². The molecule has 0 saturated heterocycles. The minimum absolute atomic E-state index is 0.162. The predicted molar refractivity (Wildman–Crippen MR) is 84.1 cm³/mol. The van der Waals surface area contributed by atoms with E-state index in [0.29, 0.717) is 18.9 Å². The molecule has 1 amide bonds. The SMILES string of the molecule is CCCC(CCNC(=O)CCC1CCCC1)CCC(=O)O. The number of rotatable bonds is 11. The van der Waals surface area contributed by atoms with Gasteiger partial charge in [-0.3, -0.25) is 9.59 Å². The van der Waals surface area contributed by atoms with Crippen molar-refractivity contribution in [3.05, 3.63) is 0 Å². The highest BCUT2D eigenvalue weighted by Gasteiger charge is 2.16. The first-order valence-electron chi connectivity index (χ1n) is 8.60. The van der Waals surface area contributed by atoms with E-state index in [-0.39, 0.29) is 12.3 Å². The molecule has 0 spiro atoms. The molecule has 122 valence electrons. The Balaban J connectivity index is 2.10. The number of carboxylic acid groups (broad SMARTS) is 1. The van der Waals surface area contributed by atoms with Crippen LogP contribution in [0.5, 0.6) is 0 Å².